The number of unbranched alkanes of at least 4 members (excludes halogenated alkanes) is 5. The third-order valence-corrected chi connectivity index (χ3v) is 5.05. The Balaban J connectivity index is 1.81. The zero-order valence-electron chi connectivity index (χ0n) is 20.0. The molecular formula is C31H27N3O. The van der Waals surface area contributed by atoms with Crippen molar-refractivity contribution in [2.75, 3.05) is 6.61 Å². The largest absolute Gasteiger partial charge is 0.493 e. The molecule has 0 bridgehead atoms. The molecule has 0 aliphatic rings. The third kappa shape index (κ3) is 8.74. The molecule has 0 N–H and O–H groups in total. The normalized spacial score (nSPS) is 9.57. The highest BCUT2D eigenvalue weighted by molar-refractivity contribution is 5.48. The summed E-state index contributed by atoms with van der Waals surface area (Å²) in [7, 11) is 0. The number of rotatable bonds is 8. The summed E-state index contributed by atoms with van der Waals surface area (Å²) in [6.07, 6.45) is 24.7. The maximum absolute atomic E-state index is 6.02. The van der Waals surface area contributed by atoms with Crippen LogP contribution in [0.2, 0.25) is 0 Å². The Morgan fingerprint density at radius 1 is 0.657 bits per heavy atom. The Labute approximate surface area is 208 Å². The smallest absolute Gasteiger partial charge is 0.124 e. The predicted octanol–water partition coefficient (Wildman–Crippen LogP) is 5.37. The standard InChI is InChI=1S/C31H27N3O/c1-4-7-8-9-10-11-16-35-31-19-29(14-12-27-17-25(5-2)21-32-23-27)34-30(20-31)15-13-28-18-26(6-3)22-33-24-28/h2-3,17-24H,4,7-11,16H2,1H3. The molecule has 3 heterocycles. The van der Waals surface area contributed by atoms with E-state index in [4.69, 9.17) is 17.6 Å². The maximum atomic E-state index is 6.02. The summed E-state index contributed by atoms with van der Waals surface area (Å²) >= 11 is 0. The molecule has 0 aromatic carbocycles. The highest BCUT2D eigenvalue weighted by Gasteiger charge is 2.02. The Morgan fingerprint density at radius 2 is 1.17 bits per heavy atom. The molecule has 0 spiro atoms. The number of pyridine rings is 3. The maximum Gasteiger partial charge on any atom is 0.124 e. The molecule has 35 heavy (non-hydrogen) atoms. The van der Waals surface area contributed by atoms with Gasteiger partial charge in [0.15, 0.2) is 0 Å². The fourth-order valence-corrected chi connectivity index (χ4v) is 3.24. The van der Waals surface area contributed by atoms with Gasteiger partial charge in [-0.15, -0.1) is 12.8 Å². The summed E-state index contributed by atoms with van der Waals surface area (Å²) in [5.74, 6) is 18.1. The second-order valence-electron chi connectivity index (χ2n) is 7.90. The summed E-state index contributed by atoms with van der Waals surface area (Å²) in [4.78, 5) is 12.8. The molecule has 3 aromatic rings. The topological polar surface area (TPSA) is 47.9 Å². The van der Waals surface area contributed by atoms with E-state index in [9.17, 15) is 0 Å². The minimum absolute atomic E-state index is 0.552. The first-order valence-electron chi connectivity index (χ1n) is 11.7. The fourth-order valence-electron chi connectivity index (χ4n) is 3.24. The van der Waals surface area contributed by atoms with Gasteiger partial charge in [0, 0.05) is 59.2 Å². The van der Waals surface area contributed by atoms with Crippen molar-refractivity contribution in [2.24, 2.45) is 0 Å². The van der Waals surface area contributed by atoms with E-state index in [1.807, 2.05) is 24.3 Å². The van der Waals surface area contributed by atoms with E-state index in [0.29, 0.717) is 46.0 Å². The van der Waals surface area contributed by atoms with Gasteiger partial charge in [0.1, 0.15) is 17.1 Å². The van der Waals surface area contributed by atoms with Crippen LogP contribution in [0.4, 0.5) is 0 Å². The summed E-state index contributed by atoms with van der Waals surface area (Å²) in [5, 5.41) is 0. The van der Waals surface area contributed by atoms with Crippen molar-refractivity contribution in [3.63, 3.8) is 0 Å². The van der Waals surface area contributed by atoms with Crippen LogP contribution in [0.25, 0.3) is 0 Å². The van der Waals surface area contributed by atoms with Gasteiger partial charge in [-0.3, -0.25) is 9.97 Å². The van der Waals surface area contributed by atoms with Crippen molar-refractivity contribution >= 4 is 0 Å². The molecular weight excluding hydrogens is 430 g/mol. The molecule has 0 saturated carbocycles. The first kappa shape index (κ1) is 25.1. The van der Waals surface area contributed by atoms with Gasteiger partial charge in [-0.2, -0.15) is 0 Å². The van der Waals surface area contributed by atoms with Crippen molar-refractivity contribution in [3.8, 4) is 54.1 Å². The predicted molar refractivity (Wildman–Crippen MR) is 139 cm³/mol. The average molecular weight is 458 g/mol. The minimum Gasteiger partial charge on any atom is -0.493 e. The first-order chi connectivity index (χ1) is 17.2. The summed E-state index contributed by atoms with van der Waals surface area (Å²) in [6.45, 7) is 2.86. The molecule has 0 saturated heterocycles. The zero-order valence-corrected chi connectivity index (χ0v) is 20.0. The van der Waals surface area contributed by atoms with Crippen LogP contribution in [0, 0.1) is 48.4 Å². The van der Waals surface area contributed by atoms with Crippen molar-refractivity contribution in [3.05, 3.63) is 82.7 Å². The monoisotopic (exact) mass is 457 g/mol. The lowest BCUT2D eigenvalue weighted by Gasteiger charge is -2.07. The molecule has 4 heteroatoms. The van der Waals surface area contributed by atoms with E-state index < -0.39 is 0 Å². The SMILES string of the molecule is C#Cc1cncc(C#Cc2cc(OCCCCCCCC)cc(C#Cc3cncc(C#C)c3)n2)c1. The number of terminal acetylenes is 2. The average Bonchev–Trinajstić information content (AvgIpc) is 2.90. The number of hydrogen-bond acceptors (Lipinski definition) is 4. The molecule has 0 radical (unpaired) electrons. The first-order valence-corrected chi connectivity index (χ1v) is 11.7. The highest BCUT2D eigenvalue weighted by Crippen LogP contribution is 2.15. The molecule has 0 aliphatic carbocycles. The van der Waals surface area contributed by atoms with Crippen molar-refractivity contribution in [1.82, 2.24) is 15.0 Å². The van der Waals surface area contributed by atoms with Crippen LogP contribution in [0.5, 0.6) is 5.75 Å². The molecule has 0 fully saturated rings. The number of nitrogens with zero attached hydrogens (tertiary/aromatic N) is 3. The van der Waals surface area contributed by atoms with Gasteiger partial charge in [-0.25, -0.2) is 4.98 Å². The Kier molecular flexibility index (Phi) is 9.98. The molecule has 0 atom stereocenters. The Bertz CT molecular complexity index is 1260. The highest BCUT2D eigenvalue weighted by atomic mass is 16.5. The summed E-state index contributed by atoms with van der Waals surface area (Å²) < 4.78 is 6.02. The molecule has 0 aliphatic heterocycles. The molecule has 172 valence electrons. The molecule has 4 nitrogen and oxygen atoms in total. The van der Waals surface area contributed by atoms with E-state index >= 15 is 0 Å². The van der Waals surface area contributed by atoms with Crippen LogP contribution in [-0.4, -0.2) is 21.6 Å². The molecule has 3 aromatic heterocycles. The zero-order chi connectivity index (χ0) is 24.7. The van der Waals surface area contributed by atoms with E-state index in [1.54, 1.807) is 24.8 Å². The van der Waals surface area contributed by atoms with Gasteiger partial charge in [0.2, 0.25) is 0 Å². The molecule has 0 unspecified atom stereocenters. The van der Waals surface area contributed by atoms with Gasteiger partial charge >= 0.3 is 0 Å². The van der Waals surface area contributed by atoms with Crippen LogP contribution in [0.1, 0.15) is 79.1 Å². The van der Waals surface area contributed by atoms with Gasteiger partial charge in [0.25, 0.3) is 0 Å². The van der Waals surface area contributed by atoms with E-state index in [1.165, 1.54) is 25.7 Å². The van der Waals surface area contributed by atoms with Crippen molar-refractivity contribution < 1.29 is 4.74 Å². The quantitative estimate of drug-likeness (QED) is 0.337. The van der Waals surface area contributed by atoms with Crippen LogP contribution in [0.15, 0.2) is 49.1 Å². The lowest BCUT2D eigenvalue weighted by Crippen LogP contribution is -1.99. The number of aromatic nitrogens is 3. The minimum atomic E-state index is 0.552. The van der Waals surface area contributed by atoms with Gasteiger partial charge < -0.3 is 4.74 Å². The van der Waals surface area contributed by atoms with E-state index in [-0.39, 0.29) is 0 Å². The van der Waals surface area contributed by atoms with Crippen LogP contribution in [0.3, 0.4) is 0 Å². The van der Waals surface area contributed by atoms with E-state index in [2.05, 4.69) is 57.4 Å². The second-order valence-corrected chi connectivity index (χ2v) is 7.90. The van der Waals surface area contributed by atoms with Crippen molar-refractivity contribution in [1.29, 1.82) is 0 Å². The lowest BCUT2D eigenvalue weighted by atomic mass is 10.1. The lowest BCUT2D eigenvalue weighted by molar-refractivity contribution is 0.304. The second kappa shape index (κ2) is 13.9. The Morgan fingerprint density at radius 3 is 1.71 bits per heavy atom. The third-order valence-electron chi connectivity index (χ3n) is 5.05. The van der Waals surface area contributed by atoms with Crippen LogP contribution >= 0.6 is 0 Å². The van der Waals surface area contributed by atoms with Crippen molar-refractivity contribution in [2.45, 2.75) is 45.4 Å². The fraction of sp³-hybridized carbons (Fsp3) is 0.258. The summed E-state index contributed by atoms with van der Waals surface area (Å²) in [6, 6.07) is 7.28. The Hall–Kier alpha value is -4.51. The number of hydrogen-bond donors (Lipinski definition) is 0. The van der Waals surface area contributed by atoms with Gasteiger partial charge in [0.05, 0.1) is 6.61 Å². The molecule has 3 rings (SSSR count). The van der Waals surface area contributed by atoms with Gasteiger partial charge in [-0.1, -0.05) is 62.7 Å². The van der Waals surface area contributed by atoms with Crippen LogP contribution < -0.4 is 4.74 Å². The van der Waals surface area contributed by atoms with Gasteiger partial charge in [-0.05, 0) is 30.4 Å². The number of ether oxygens (including phenoxy) is 1. The molecule has 0 amide bonds. The van der Waals surface area contributed by atoms with Crippen LogP contribution in [-0.2, 0) is 0 Å². The summed E-state index contributed by atoms with van der Waals surface area (Å²) in [5.41, 5.74) is 3.88. The van der Waals surface area contributed by atoms with E-state index in [0.717, 1.165) is 12.8 Å².